The van der Waals surface area contributed by atoms with Gasteiger partial charge in [0.1, 0.15) is 0 Å². The standard InChI is InChI=1S/C9H6Cl2O2S/c10-9-5-7(14(11,12)13)4-6-2-1-3-8(6)9/h1-2,4-5H,3H2. The Morgan fingerprint density at radius 2 is 2.00 bits per heavy atom. The summed E-state index contributed by atoms with van der Waals surface area (Å²) in [4.78, 5) is 0.0504. The summed E-state index contributed by atoms with van der Waals surface area (Å²) in [7, 11) is 1.53. The van der Waals surface area contributed by atoms with Crippen molar-refractivity contribution in [2.24, 2.45) is 0 Å². The van der Waals surface area contributed by atoms with Crippen LogP contribution in [0, 0.1) is 0 Å². The maximum atomic E-state index is 11.1. The van der Waals surface area contributed by atoms with Crippen LogP contribution in [0.4, 0.5) is 0 Å². The molecule has 0 unspecified atom stereocenters. The number of allylic oxidation sites excluding steroid dienone is 1. The lowest BCUT2D eigenvalue weighted by molar-refractivity contribution is 0.609. The van der Waals surface area contributed by atoms with Crippen LogP contribution < -0.4 is 0 Å². The number of fused-ring (bicyclic) bond motifs is 1. The van der Waals surface area contributed by atoms with Crippen LogP contribution in [0.3, 0.4) is 0 Å². The van der Waals surface area contributed by atoms with E-state index in [-0.39, 0.29) is 4.90 Å². The van der Waals surface area contributed by atoms with E-state index in [4.69, 9.17) is 22.3 Å². The lowest BCUT2D eigenvalue weighted by Crippen LogP contribution is -1.93. The van der Waals surface area contributed by atoms with Crippen LogP contribution in [-0.4, -0.2) is 8.42 Å². The Labute approximate surface area is 91.6 Å². The maximum absolute atomic E-state index is 11.1. The molecule has 0 aliphatic heterocycles. The van der Waals surface area contributed by atoms with Crippen molar-refractivity contribution in [3.63, 3.8) is 0 Å². The molecule has 0 bridgehead atoms. The molecule has 2 nitrogen and oxygen atoms in total. The SMILES string of the molecule is O=S(=O)(Cl)c1cc(Cl)c2c(c1)C=CC2. The van der Waals surface area contributed by atoms with E-state index in [0.717, 1.165) is 17.5 Å². The minimum absolute atomic E-state index is 0.0504. The molecule has 0 spiro atoms. The number of benzene rings is 1. The molecule has 5 heteroatoms. The van der Waals surface area contributed by atoms with Crippen molar-refractivity contribution in [2.75, 3.05) is 0 Å². The zero-order valence-corrected chi connectivity index (χ0v) is 9.33. The van der Waals surface area contributed by atoms with Gasteiger partial charge >= 0.3 is 0 Å². The van der Waals surface area contributed by atoms with Crippen molar-refractivity contribution in [2.45, 2.75) is 11.3 Å². The molecule has 0 saturated heterocycles. The lowest BCUT2D eigenvalue weighted by Gasteiger charge is -2.04. The summed E-state index contributed by atoms with van der Waals surface area (Å²) in [5.74, 6) is 0. The Bertz CT molecular complexity index is 518. The molecule has 1 aromatic carbocycles. The van der Waals surface area contributed by atoms with Gasteiger partial charge in [-0.05, 0) is 29.7 Å². The predicted molar refractivity (Wildman–Crippen MR) is 57.2 cm³/mol. The lowest BCUT2D eigenvalue weighted by atomic mass is 10.1. The van der Waals surface area contributed by atoms with Crippen LogP contribution in [-0.2, 0) is 15.5 Å². The van der Waals surface area contributed by atoms with Gasteiger partial charge in [0, 0.05) is 15.7 Å². The van der Waals surface area contributed by atoms with Crippen LogP contribution in [0.5, 0.6) is 0 Å². The summed E-state index contributed by atoms with van der Waals surface area (Å²) in [6.07, 6.45) is 4.52. The van der Waals surface area contributed by atoms with Crippen LogP contribution in [0.15, 0.2) is 23.1 Å². The zero-order chi connectivity index (χ0) is 10.3. The Kier molecular flexibility index (Phi) is 2.33. The van der Waals surface area contributed by atoms with E-state index in [1.54, 1.807) is 0 Å². The number of hydrogen-bond acceptors (Lipinski definition) is 2. The Balaban J connectivity index is 2.68. The molecule has 1 aliphatic rings. The van der Waals surface area contributed by atoms with Crippen LogP contribution in [0.1, 0.15) is 11.1 Å². The summed E-state index contributed by atoms with van der Waals surface area (Å²) in [6.45, 7) is 0. The quantitative estimate of drug-likeness (QED) is 0.717. The average Bonchev–Trinajstić information content (AvgIpc) is 2.50. The van der Waals surface area contributed by atoms with E-state index in [9.17, 15) is 8.42 Å². The van der Waals surface area contributed by atoms with Crippen molar-refractivity contribution >= 4 is 37.4 Å². The summed E-state index contributed by atoms with van der Waals surface area (Å²) in [6, 6.07) is 2.92. The largest absolute Gasteiger partial charge is 0.261 e. The van der Waals surface area contributed by atoms with Gasteiger partial charge in [-0.3, -0.25) is 0 Å². The van der Waals surface area contributed by atoms with Gasteiger partial charge in [0.25, 0.3) is 9.05 Å². The van der Waals surface area contributed by atoms with Gasteiger partial charge in [-0.1, -0.05) is 23.8 Å². The van der Waals surface area contributed by atoms with E-state index < -0.39 is 9.05 Å². The van der Waals surface area contributed by atoms with Gasteiger partial charge in [-0.25, -0.2) is 8.42 Å². The molecular weight excluding hydrogens is 243 g/mol. The fourth-order valence-corrected chi connectivity index (χ4v) is 2.60. The van der Waals surface area contributed by atoms with Crippen LogP contribution >= 0.6 is 22.3 Å². The third-order valence-corrected chi connectivity index (χ3v) is 3.77. The van der Waals surface area contributed by atoms with Crippen molar-refractivity contribution in [1.82, 2.24) is 0 Å². The monoisotopic (exact) mass is 248 g/mol. The molecule has 74 valence electrons. The third kappa shape index (κ3) is 1.67. The second kappa shape index (κ2) is 3.26. The van der Waals surface area contributed by atoms with E-state index in [2.05, 4.69) is 0 Å². The summed E-state index contributed by atoms with van der Waals surface area (Å²) < 4.78 is 22.1. The first kappa shape index (κ1) is 10.0. The maximum Gasteiger partial charge on any atom is 0.261 e. The second-order valence-electron chi connectivity index (χ2n) is 3.02. The molecule has 2 rings (SSSR count). The molecular formula is C9H6Cl2O2S. The molecule has 0 N–H and O–H groups in total. The van der Waals surface area contributed by atoms with E-state index in [1.807, 2.05) is 12.2 Å². The summed E-state index contributed by atoms with van der Waals surface area (Å²) in [5.41, 5.74) is 1.78. The van der Waals surface area contributed by atoms with Gasteiger partial charge in [-0.15, -0.1) is 0 Å². The molecule has 0 atom stereocenters. The number of rotatable bonds is 1. The predicted octanol–water partition coefficient (Wildman–Crippen LogP) is 2.84. The smallest absolute Gasteiger partial charge is 0.207 e. The Hall–Kier alpha value is -0.510. The number of halogens is 2. The minimum atomic E-state index is -3.69. The van der Waals surface area contributed by atoms with Gasteiger partial charge in [-0.2, -0.15) is 0 Å². The molecule has 0 amide bonds. The highest BCUT2D eigenvalue weighted by atomic mass is 35.7. The molecule has 0 fully saturated rings. The molecule has 0 saturated carbocycles. The zero-order valence-electron chi connectivity index (χ0n) is 7.00. The highest BCUT2D eigenvalue weighted by Crippen LogP contribution is 2.31. The minimum Gasteiger partial charge on any atom is -0.207 e. The van der Waals surface area contributed by atoms with Crippen molar-refractivity contribution in [3.05, 3.63) is 34.4 Å². The van der Waals surface area contributed by atoms with Crippen molar-refractivity contribution in [1.29, 1.82) is 0 Å². The van der Waals surface area contributed by atoms with Gasteiger partial charge in [0.15, 0.2) is 0 Å². The fraction of sp³-hybridized carbons (Fsp3) is 0.111. The fourth-order valence-electron chi connectivity index (χ4n) is 1.44. The average molecular weight is 249 g/mol. The summed E-state index contributed by atoms with van der Waals surface area (Å²) in [5, 5.41) is 0.451. The van der Waals surface area contributed by atoms with Crippen molar-refractivity contribution in [3.8, 4) is 0 Å². The molecule has 1 aromatic rings. The highest BCUT2D eigenvalue weighted by Gasteiger charge is 2.16. The topological polar surface area (TPSA) is 34.1 Å². The normalized spacial score (nSPS) is 14.4. The molecule has 0 radical (unpaired) electrons. The molecule has 14 heavy (non-hydrogen) atoms. The van der Waals surface area contributed by atoms with Gasteiger partial charge < -0.3 is 0 Å². The highest BCUT2D eigenvalue weighted by molar-refractivity contribution is 8.13. The molecule has 0 heterocycles. The first-order chi connectivity index (χ1) is 6.48. The van der Waals surface area contributed by atoms with Crippen molar-refractivity contribution < 1.29 is 8.42 Å². The first-order valence-electron chi connectivity index (χ1n) is 3.92. The Morgan fingerprint density at radius 3 is 2.64 bits per heavy atom. The third-order valence-electron chi connectivity index (χ3n) is 2.10. The molecule has 1 aliphatic carbocycles. The molecule has 0 aromatic heterocycles. The van der Waals surface area contributed by atoms with Crippen LogP contribution in [0.2, 0.25) is 5.02 Å². The summed E-state index contributed by atoms with van der Waals surface area (Å²) >= 11 is 5.92. The van der Waals surface area contributed by atoms with E-state index in [0.29, 0.717) is 5.02 Å². The Morgan fingerprint density at radius 1 is 1.29 bits per heavy atom. The van der Waals surface area contributed by atoms with E-state index in [1.165, 1.54) is 12.1 Å². The van der Waals surface area contributed by atoms with Gasteiger partial charge in [0.05, 0.1) is 4.90 Å². The van der Waals surface area contributed by atoms with Crippen LogP contribution in [0.25, 0.3) is 6.08 Å². The second-order valence-corrected chi connectivity index (χ2v) is 5.99. The first-order valence-corrected chi connectivity index (χ1v) is 6.61. The number of hydrogen-bond donors (Lipinski definition) is 0. The van der Waals surface area contributed by atoms with Gasteiger partial charge in [0.2, 0.25) is 0 Å². The van der Waals surface area contributed by atoms with E-state index >= 15 is 0 Å².